The summed E-state index contributed by atoms with van der Waals surface area (Å²) in [5, 5.41) is 3.32. The molecule has 1 rings (SSSR count). The van der Waals surface area contributed by atoms with Crippen LogP contribution < -0.4 is 14.8 Å². The fraction of sp³-hybridized carbons (Fsp3) is 0.500. The van der Waals surface area contributed by atoms with Gasteiger partial charge in [-0.15, -0.1) is 6.58 Å². The van der Waals surface area contributed by atoms with Crippen molar-refractivity contribution in [3.05, 3.63) is 35.9 Å². The average molecular weight is 279 g/mol. The largest absolute Gasteiger partial charge is 0.497 e. The fourth-order valence-corrected chi connectivity index (χ4v) is 1.69. The third kappa shape index (κ3) is 6.08. The predicted octanol–water partition coefficient (Wildman–Crippen LogP) is 2.78. The van der Waals surface area contributed by atoms with Gasteiger partial charge in [0.1, 0.15) is 11.5 Å². The Hall–Kier alpha value is -1.52. The molecule has 0 fully saturated rings. The number of benzene rings is 1. The summed E-state index contributed by atoms with van der Waals surface area (Å²) in [6, 6.07) is 5.86. The summed E-state index contributed by atoms with van der Waals surface area (Å²) < 4.78 is 16.1. The van der Waals surface area contributed by atoms with E-state index in [1.807, 2.05) is 25.1 Å². The smallest absolute Gasteiger partial charge is 0.124 e. The lowest BCUT2D eigenvalue weighted by Crippen LogP contribution is -2.19. The van der Waals surface area contributed by atoms with Gasteiger partial charge in [-0.2, -0.15) is 0 Å². The second kappa shape index (κ2) is 9.39. The van der Waals surface area contributed by atoms with Crippen molar-refractivity contribution in [1.29, 1.82) is 0 Å². The molecule has 0 atom stereocenters. The van der Waals surface area contributed by atoms with Gasteiger partial charge in [0.15, 0.2) is 0 Å². The van der Waals surface area contributed by atoms with E-state index in [0.717, 1.165) is 42.1 Å². The average Bonchev–Trinajstić information content (AvgIpc) is 2.44. The van der Waals surface area contributed by atoms with E-state index in [2.05, 4.69) is 11.9 Å². The highest BCUT2D eigenvalue weighted by Crippen LogP contribution is 2.24. The molecule has 0 aliphatic heterocycles. The lowest BCUT2D eigenvalue weighted by Gasteiger charge is -2.13. The maximum absolute atomic E-state index is 5.82. The number of ether oxygens (including phenoxy) is 3. The summed E-state index contributed by atoms with van der Waals surface area (Å²) in [6.07, 6.45) is 0.864. The van der Waals surface area contributed by atoms with E-state index in [1.54, 1.807) is 14.2 Å². The second-order valence-electron chi connectivity index (χ2n) is 4.70. The van der Waals surface area contributed by atoms with Crippen molar-refractivity contribution in [3.63, 3.8) is 0 Å². The molecule has 0 amide bonds. The molecule has 0 saturated carbocycles. The molecule has 0 radical (unpaired) electrons. The van der Waals surface area contributed by atoms with Crippen LogP contribution in [0.2, 0.25) is 0 Å². The maximum Gasteiger partial charge on any atom is 0.124 e. The summed E-state index contributed by atoms with van der Waals surface area (Å²) in [6.45, 7) is 8.75. The van der Waals surface area contributed by atoms with Crippen molar-refractivity contribution >= 4 is 0 Å². The summed E-state index contributed by atoms with van der Waals surface area (Å²) in [5.74, 6) is 1.72. The first-order chi connectivity index (χ1) is 9.67. The fourth-order valence-electron chi connectivity index (χ4n) is 1.69. The van der Waals surface area contributed by atoms with E-state index in [9.17, 15) is 0 Å². The van der Waals surface area contributed by atoms with E-state index < -0.39 is 0 Å². The highest BCUT2D eigenvalue weighted by atomic mass is 16.5. The first-order valence-electron chi connectivity index (χ1n) is 6.81. The molecule has 0 bridgehead atoms. The molecule has 112 valence electrons. The topological polar surface area (TPSA) is 39.7 Å². The number of methoxy groups -OCH3 is 2. The molecule has 0 heterocycles. The van der Waals surface area contributed by atoms with Crippen LogP contribution in [0, 0.1) is 0 Å². The third-order valence-corrected chi connectivity index (χ3v) is 2.85. The quantitative estimate of drug-likeness (QED) is 0.528. The molecule has 4 nitrogen and oxygen atoms in total. The Morgan fingerprint density at radius 2 is 2.05 bits per heavy atom. The zero-order valence-electron chi connectivity index (χ0n) is 12.7. The van der Waals surface area contributed by atoms with Gasteiger partial charge in [0.05, 0.1) is 20.3 Å². The van der Waals surface area contributed by atoms with Gasteiger partial charge >= 0.3 is 0 Å². The van der Waals surface area contributed by atoms with Gasteiger partial charge < -0.3 is 19.5 Å². The monoisotopic (exact) mass is 279 g/mol. The Balaban J connectivity index is 2.62. The van der Waals surface area contributed by atoms with Crippen LogP contribution in [0.25, 0.3) is 0 Å². The molecule has 1 N–H and O–H groups in total. The zero-order chi connectivity index (χ0) is 14.8. The molecule has 1 aromatic carbocycles. The summed E-state index contributed by atoms with van der Waals surface area (Å²) >= 11 is 0. The van der Waals surface area contributed by atoms with Crippen molar-refractivity contribution < 1.29 is 14.2 Å². The molecular formula is C16H25NO3. The highest BCUT2D eigenvalue weighted by molar-refractivity contribution is 5.40. The molecular weight excluding hydrogens is 254 g/mol. The third-order valence-electron chi connectivity index (χ3n) is 2.85. The van der Waals surface area contributed by atoms with Crippen molar-refractivity contribution in [3.8, 4) is 11.5 Å². The van der Waals surface area contributed by atoms with Gasteiger partial charge in [-0.05, 0) is 25.1 Å². The van der Waals surface area contributed by atoms with Crippen molar-refractivity contribution in [2.45, 2.75) is 19.9 Å². The molecule has 4 heteroatoms. The van der Waals surface area contributed by atoms with Crippen LogP contribution in [-0.2, 0) is 11.3 Å². The Labute approximate surface area is 121 Å². The zero-order valence-corrected chi connectivity index (χ0v) is 12.7. The molecule has 1 aromatic rings. The number of rotatable bonds is 10. The Morgan fingerprint density at radius 1 is 1.25 bits per heavy atom. The van der Waals surface area contributed by atoms with Crippen LogP contribution in [0.1, 0.15) is 18.9 Å². The van der Waals surface area contributed by atoms with E-state index in [1.165, 1.54) is 0 Å². The van der Waals surface area contributed by atoms with Crippen LogP contribution in [-0.4, -0.2) is 34.0 Å². The summed E-state index contributed by atoms with van der Waals surface area (Å²) in [5.41, 5.74) is 2.21. The molecule has 20 heavy (non-hydrogen) atoms. The minimum absolute atomic E-state index is 0.646. The van der Waals surface area contributed by atoms with Gasteiger partial charge in [-0.25, -0.2) is 0 Å². The molecule has 0 aliphatic carbocycles. The van der Waals surface area contributed by atoms with Crippen LogP contribution >= 0.6 is 0 Å². The van der Waals surface area contributed by atoms with Crippen molar-refractivity contribution in [2.75, 3.05) is 34.0 Å². The normalized spacial score (nSPS) is 10.3. The van der Waals surface area contributed by atoms with E-state index in [-0.39, 0.29) is 0 Å². The number of hydrogen-bond acceptors (Lipinski definition) is 4. The van der Waals surface area contributed by atoms with Crippen LogP contribution in [0.3, 0.4) is 0 Å². The van der Waals surface area contributed by atoms with Gasteiger partial charge in [0.25, 0.3) is 0 Å². The molecule has 0 spiro atoms. The Kier molecular flexibility index (Phi) is 7.77. The molecule has 0 unspecified atom stereocenters. The van der Waals surface area contributed by atoms with Gasteiger partial charge in [-0.1, -0.05) is 5.57 Å². The van der Waals surface area contributed by atoms with Crippen LogP contribution in [0.5, 0.6) is 11.5 Å². The minimum Gasteiger partial charge on any atom is -0.497 e. The van der Waals surface area contributed by atoms with E-state index in [0.29, 0.717) is 13.2 Å². The number of nitrogens with one attached hydrogen (secondary N) is 1. The lowest BCUT2D eigenvalue weighted by atomic mass is 10.2. The van der Waals surface area contributed by atoms with Gasteiger partial charge in [0.2, 0.25) is 0 Å². The van der Waals surface area contributed by atoms with Gasteiger partial charge in [-0.3, -0.25) is 0 Å². The minimum atomic E-state index is 0.646. The SMILES string of the molecule is C=C(C)CCOc1ccc(OC)cc1CNCCOC. The Morgan fingerprint density at radius 3 is 2.70 bits per heavy atom. The summed E-state index contributed by atoms with van der Waals surface area (Å²) in [4.78, 5) is 0. The first kappa shape index (κ1) is 16.5. The van der Waals surface area contributed by atoms with E-state index >= 15 is 0 Å². The second-order valence-corrected chi connectivity index (χ2v) is 4.70. The Bertz CT molecular complexity index is 418. The van der Waals surface area contributed by atoms with Crippen LogP contribution in [0.4, 0.5) is 0 Å². The molecule has 0 saturated heterocycles. The van der Waals surface area contributed by atoms with E-state index in [4.69, 9.17) is 14.2 Å². The van der Waals surface area contributed by atoms with Gasteiger partial charge in [0, 0.05) is 32.2 Å². The van der Waals surface area contributed by atoms with Crippen LogP contribution in [0.15, 0.2) is 30.4 Å². The maximum atomic E-state index is 5.82. The summed E-state index contributed by atoms with van der Waals surface area (Å²) in [7, 11) is 3.36. The van der Waals surface area contributed by atoms with Crippen molar-refractivity contribution in [2.24, 2.45) is 0 Å². The highest BCUT2D eigenvalue weighted by Gasteiger charge is 2.06. The standard InChI is InChI=1S/C16H25NO3/c1-13(2)7-9-20-16-6-5-15(19-4)11-14(16)12-17-8-10-18-3/h5-6,11,17H,1,7-10,12H2,2-4H3. The number of hydrogen-bond donors (Lipinski definition) is 1. The first-order valence-corrected chi connectivity index (χ1v) is 6.81. The predicted molar refractivity (Wildman–Crippen MR) is 81.5 cm³/mol. The molecule has 0 aromatic heterocycles. The van der Waals surface area contributed by atoms with Crippen molar-refractivity contribution in [1.82, 2.24) is 5.32 Å². The molecule has 0 aliphatic rings. The lowest BCUT2D eigenvalue weighted by molar-refractivity contribution is 0.199.